The van der Waals surface area contributed by atoms with Gasteiger partial charge in [-0.25, -0.2) is 0 Å². The number of aryl methyl sites for hydroxylation is 1. The van der Waals surface area contributed by atoms with E-state index in [0.29, 0.717) is 17.8 Å². The first-order chi connectivity index (χ1) is 11.2. The minimum absolute atomic E-state index is 0.0344. The molecule has 0 aliphatic rings. The maximum atomic E-state index is 12.7. The predicted molar refractivity (Wildman–Crippen MR) is 91.4 cm³/mol. The molecule has 3 rings (SSSR count). The van der Waals surface area contributed by atoms with Gasteiger partial charge in [0.15, 0.2) is 5.58 Å². The van der Waals surface area contributed by atoms with E-state index in [9.17, 15) is 4.79 Å². The van der Waals surface area contributed by atoms with Gasteiger partial charge in [-0.3, -0.25) is 4.79 Å². The number of rotatable bonds is 5. The molecule has 4 nitrogen and oxygen atoms in total. The second-order valence-corrected chi connectivity index (χ2v) is 5.43. The van der Waals surface area contributed by atoms with E-state index < -0.39 is 0 Å². The Bertz CT molecular complexity index is 837. The van der Waals surface area contributed by atoms with Crippen LogP contribution in [0.1, 0.15) is 11.3 Å². The number of hydrogen-bond acceptors (Lipinski definition) is 3. The van der Waals surface area contributed by atoms with Crippen LogP contribution in [-0.4, -0.2) is 17.6 Å². The van der Waals surface area contributed by atoms with Crippen molar-refractivity contribution in [3.8, 4) is 0 Å². The van der Waals surface area contributed by atoms with Gasteiger partial charge in [-0.15, -0.1) is 6.58 Å². The molecule has 0 aliphatic heterocycles. The molecule has 0 unspecified atom stereocenters. The second kappa shape index (κ2) is 6.48. The van der Waals surface area contributed by atoms with Crippen molar-refractivity contribution in [2.75, 3.05) is 11.4 Å². The van der Waals surface area contributed by atoms with Crippen LogP contribution < -0.4 is 4.90 Å². The lowest BCUT2D eigenvalue weighted by Crippen LogP contribution is -2.32. The van der Waals surface area contributed by atoms with Crippen molar-refractivity contribution in [1.82, 2.24) is 5.16 Å². The van der Waals surface area contributed by atoms with Crippen molar-refractivity contribution in [2.24, 2.45) is 0 Å². The first-order valence-electron chi connectivity index (χ1n) is 7.50. The number of amides is 1. The lowest BCUT2D eigenvalue weighted by molar-refractivity contribution is -0.117. The van der Waals surface area contributed by atoms with E-state index in [4.69, 9.17) is 4.52 Å². The van der Waals surface area contributed by atoms with Crippen molar-refractivity contribution >= 4 is 22.6 Å². The highest BCUT2D eigenvalue weighted by Gasteiger charge is 2.18. The molecule has 0 bridgehead atoms. The molecule has 0 spiro atoms. The Morgan fingerprint density at radius 3 is 2.78 bits per heavy atom. The zero-order chi connectivity index (χ0) is 16.2. The molecule has 116 valence electrons. The number of carbonyl (C=O) groups is 1. The SMILES string of the molecule is C=CCN(C(=O)Cc1noc2ccc(C)cc12)c1ccccc1. The van der Waals surface area contributed by atoms with Gasteiger partial charge in [-0.05, 0) is 31.2 Å². The van der Waals surface area contributed by atoms with Gasteiger partial charge in [0, 0.05) is 17.6 Å². The van der Waals surface area contributed by atoms with Crippen LogP contribution in [0.2, 0.25) is 0 Å². The molecule has 0 atom stereocenters. The Balaban J connectivity index is 1.89. The quantitative estimate of drug-likeness (QED) is 0.672. The molecule has 1 heterocycles. The molecule has 1 aromatic heterocycles. The Labute approximate surface area is 135 Å². The highest BCUT2D eigenvalue weighted by molar-refractivity contribution is 5.97. The Hall–Kier alpha value is -2.88. The highest BCUT2D eigenvalue weighted by Crippen LogP contribution is 2.22. The third-order valence-corrected chi connectivity index (χ3v) is 3.70. The molecule has 0 fully saturated rings. The zero-order valence-corrected chi connectivity index (χ0v) is 13.0. The number of nitrogens with zero attached hydrogens (tertiary/aromatic N) is 2. The maximum Gasteiger partial charge on any atom is 0.233 e. The van der Waals surface area contributed by atoms with Crippen LogP contribution in [0.25, 0.3) is 11.0 Å². The van der Waals surface area contributed by atoms with Crippen molar-refractivity contribution in [2.45, 2.75) is 13.3 Å². The van der Waals surface area contributed by atoms with E-state index in [0.717, 1.165) is 16.6 Å². The molecule has 0 radical (unpaired) electrons. The molecule has 3 aromatic rings. The topological polar surface area (TPSA) is 46.3 Å². The Kier molecular flexibility index (Phi) is 4.24. The van der Waals surface area contributed by atoms with E-state index in [2.05, 4.69) is 11.7 Å². The molecule has 2 aromatic carbocycles. The summed E-state index contributed by atoms with van der Waals surface area (Å²) in [5, 5.41) is 4.96. The summed E-state index contributed by atoms with van der Waals surface area (Å²) in [4.78, 5) is 14.4. The highest BCUT2D eigenvalue weighted by atomic mass is 16.5. The minimum atomic E-state index is -0.0344. The lowest BCUT2D eigenvalue weighted by atomic mass is 10.1. The zero-order valence-electron chi connectivity index (χ0n) is 13.0. The average molecular weight is 306 g/mol. The second-order valence-electron chi connectivity index (χ2n) is 5.43. The fourth-order valence-corrected chi connectivity index (χ4v) is 2.56. The van der Waals surface area contributed by atoms with Crippen LogP contribution in [0.15, 0.2) is 65.7 Å². The van der Waals surface area contributed by atoms with Gasteiger partial charge in [0.1, 0.15) is 5.69 Å². The molecular formula is C19H18N2O2. The summed E-state index contributed by atoms with van der Waals surface area (Å²) in [7, 11) is 0. The van der Waals surface area contributed by atoms with Gasteiger partial charge < -0.3 is 9.42 Å². The van der Waals surface area contributed by atoms with Crippen molar-refractivity contribution < 1.29 is 9.32 Å². The first kappa shape index (κ1) is 15.0. The summed E-state index contributed by atoms with van der Waals surface area (Å²) in [6.07, 6.45) is 1.91. The Morgan fingerprint density at radius 1 is 1.26 bits per heavy atom. The molecule has 4 heteroatoms. The number of carbonyl (C=O) groups excluding carboxylic acids is 1. The maximum absolute atomic E-state index is 12.7. The van der Waals surface area contributed by atoms with Gasteiger partial charge >= 0.3 is 0 Å². The van der Waals surface area contributed by atoms with Crippen LogP contribution in [0.4, 0.5) is 5.69 Å². The summed E-state index contributed by atoms with van der Waals surface area (Å²) in [5.74, 6) is -0.0344. The fraction of sp³-hybridized carbons (Fsp3) is 0.158. The van der Waals surface area contributed by atoms with Crippen LogP contribution >= 0.6 is 0 Å². The number of hydrogen-bond donors (Lipinski definition) is 0. The van der Waals surface area contributed by atoms with Gasteiger partial charge in [-0.1, -0.05) is 41.1 Å². The summed E-state index contributed by atoms with van der Waals surface area (Å²) >= 11 is 0. The standard InChI is InChI=1S/C19H18N2O2/c1-3-11-21(15-7-5-4-6-8-15)19(22)13-17-16-12-14(2)9-10-18(16)23-20-17/h3-10,12H,1,11,13H2,2H3. The molecule has 0 saturated carbocycles. The number of aromatic nitrogens is 1. The number of fused-ring (bicyclic) bond motifs is 1. The molecule has 1 amide bonds. The largest absolute Gasteiger partial charge is 0.356 e. The third kappa shape index (κ3) is 3.16. The molecule has 0 aliphatic carbocycles. The molecule has 0 N–H and O–H groups in total. The van der Waals surface area contributed by atoms with Crippen LogP contribution in [0, 0.1) is 6.92 Å². The van der Waals surface area contributed by atoms with Crippen molar-refractivity contribution in [3.05, 3.63) is 72.4 Å². The van der Waals surface area contributed by atoms with E-state index >= 15 is 0 Å². The normalized spacial score (nSPS) is 10.7. The van der Waals surface area contributed by atoms with E-state index in [-0.39, 0.29) is 12.3 Å². The monoisotopic (exact) mass is 306 g/mol. The minimum Gasteiger partial charge on any atom is -0.356 e. The van der Waals surface area contributed by atoms with Gasteiger partial charge in [0.2, 0.25) is 5.91 Å². The van der Waals surface area contributed by atoms with E-state index in [1.807, 2.05) is 55.5 Å². The first-order valence-corrected chi connectivity index (χ1v) is 7.50. The number of para-hydroxylation sites is 1. The molecular weight excluding hydrogens is 288 g/mol. The van der Waals surface area contributed by atoms with Crippen molar-refractivity contribution in [3.63, 3.8) is 0 Å². The third-order valence-electron chi connectivity index (χ3n) is 3.70. The van der Waals surface area contributed by atoms with Gasteiger partial charge in [0.05, 0.1) is 6.42 Å². The van der Waals surface area contributed by atoms with Crippen LogP contribution in [0.3, 0.4) is 0 Å². The molecule has 23 heavy (non-hydrogen) atoms. The van der Waals surface area contributed by atoms with Gasteiger partial charge in [-0.2, -0.15) is 0 Å². The Morgan fingerprint density at radius 2 is 2.04 bits per heavy atom. The smallest absolute Gasteiger partial charge is 0.233 e. The summed E-state index contributed by atoms with van der Waals surface area (Å²) in [5.41, 5.74) is 3.33. The van der Waals surface area contributed by atoms with E-state index in [1.54, 1.807) is 11.0 Å². The van der Waals surface area contributed by atoms with Crippen LogP contribution in [0.5, 0.6) is 0 Å². The van der Waals surface area contributed by atoms with E-state index in [1.165, 1.54) is 0 Å². The molecule has 0 saturated heterocycles. The number of benzene rings is 2. The summed E-state index contributed by atoms with van der Waals surface area (Å²) < 4.78 is 5.31. The number of anilines is 1. The lowest BCUT2D eigenvalue weighted by Gasteiger charge is -2.20. The summed E-state index contributed by atoms with van der Waals surface area (Å²) in [6.45, 7) is 6.20. The van der Waals surface area contributed by atoms with Crippen LogP contribution in [-0.2, 0) is 11.2 Å². The summed E-state index contributed by atoms with van der Waals surface area (Å²) in [6, 6.07) is 15.4. The fourth-order valence-electron chi connectivity index (χ4n) is 2.56. The van der Waals surface area contributed by atoms with Crippen molar-refractivity contribution in [1.29, 1.82) is 0 Å². The van der Waals surface area contributed by atoms with Gasteiger partial charge in [0.25, 0.3) is 0 Å². The average Bonchev–Trinajstić information content (AvgIpc) is 2.95. The predicted octanol–water partition coefficient (Wildman–Crippen LogP) is 3.90.